The molecule has 0 radical (unpaired) electrons. The zero-order valence-electron chi connectivity index (χ0n) is 13.4. The van der Waals surface area contributed by atoms with Gasteiger partial charge in [-0.2, -0.15) is 5.10 Å². The van der Waals surface area contributed by atoms with Crippen molar-refractivity contribution in [3.05, 3.63) is 18.0 Å². The Morgan fingerprint density at radius 3 is 2.55 bits per heavy atom. The summed E-state index contributed by atoms with van der Waals surface area (Å²) in [6.45, 7) is 11.6. The van der Waals surface area contributed by atoms with Gasteiger partial charge in [-0.05, 0) is 44.6 Å². The highest BCUT2D eigenvalue weighted by Gasteiger charge is 2.33. The molecule has 1 aromatic rings. The lowest BCUT2D eigenvalue weighted by molar-refractivity contribution is 0.0135. The van der Waals surface area contributed by atoms with Gasteiger partial charge in [0.2, 0.25) is 0 Å². The van der Waals surface area contributed by atoms with Crippen LogP contribution in [0.15, 0.2) is 12.3 Å². The van der Waals surface area contributed by atoms with Gasteiger partial charge in [0, 0.05) is 38.0 Å². The molecule has 1 fully saturated rings. The molecule has 1 N–H and O–H groups in total. The van der Waals surface area contributed by atoms with Crippen LogP contribution in [0.5, 0.6) is 0 Å². The van der Waals surface area contributed by atoms with E-state index in [2.05, 4.69) is 50.0 Å². The molecule has 1 aliphatic rings. The Morgan fingerprint density at radius 2 is 2.00 bits per heavy atom. The second-order valence-corrected chi connectivity index (χ2v) is 6.71. The Balaban J connectivity index is 2.05. The van der Waals surface area contributed by atoms with Crippen LogP contribution < -0.4 is 5.32 Å². The number of aromatic nitrogens is 2. The maximum atomic E-state index is 5.56. The van der Waals surface area contributed by atoms with Gasteiger partial charge in [0.05, 0.1) is 5.69 Å². The number of hydrogen-bond donors (Lipinski definition) is 1. The first-order valence-corrected chi connectivity index (χ1v) is 7.86. The SMILES string of the molecule is CC(C)NCC1(Cc2ccn(C(C)C)n2)CCOCC1. The smallest absolute Gasteiger partial charge is 0.0630 e. The summed E-state index contributed by atoms with van der Waals surface area (Å²) in [6, 6.07) is 3.14. The molecule has 114 valence electrons. The van der Waals surface area contributed by atoms with Crippen LogP contribution in [0.2, 0.25) is 0 Å². The molecule has 4 nitrogen and oxygen atoms in total. The lowest BCUT2D eigenvalue weighted by atomic mass is 9.76. The maximum absolute atomic E-state index is 5.56. The minimum Gasteiger partial charge on any atom is -0.381 e. The van der Waals surface area contributed by atoms with Crippen LogP contribution >= 0.6 is 0 Å². The molecule has 0 amide bonds. The van der Waals surface area contributed by atoms with Gasteiger partial charge in [-0.3, -0.25) is 4.68 Å². The minimum atomic E-state index is 0.304. The normalized spacial score (nSPS) is 18.9. The zero-order chi connectivity index (χ0) is 14.6. The van der Waals surface area contributed by atoms with E-state index in [0.29, 0.717) is 17.5 Å². The Bertz CT molecular complexity index is 406. The van der Waals surface area contributed by atoms with Crippen molar-refractivity contribution in [2.45, 2.75) is 59.0 Å². The molecule has 0 unspecified atom stereocenters. The van der Waals surface area contributed by atoms with Crippen molar-refractivity contribution in [1.29, 1.82) is 0 Å². The lowest BCUT2D eigenvalue weighted by Gasteiger charge is -2.37. The molecule has 20 heavy (non-hydrogen) atoms. The van der Waals surface area contributed by atoms with Crippen LogP contribution in [0, 0.1) is 5.41 Å². The third kappa shape index (κ3) is 4.06. The molecule has 0 bridgehead atoms. The highest BCUT2D eigenvalue weighted by Crippen LogP contribution is 2.33. The van der Waals surface area contributed by atoms with Crippen LogP contribution in [-0.4, -0.2) is 35.6 Å². The van der Waals surface area contributed by atoms with Crippen molar-refractivity contribution in [2.24, 2.45) is 5.41 Å². The average molecular weight is 279 g/mol. The summed E-state index contributed by atoms with van der Waals surface area (Å²) in [4.78, 5) is 0. The van der Waals surface area contributed by atoms with Gasteiger partial charge in [-0.25, -0.2) is 0 Å². The molecule has 1 aromatic heterocycles. The second kappa shape index (κ2) is 6.72. The summed E-state index contributed by atoms with van der Waals surface area (Å²) in [5, 5.41) is 8.34. The first-order chi connectivity index (χ1) is 9.51. The molecule has 0 saturated carbocycles. The largest absolute Gasteiger partial charge is 0.381 e. The van der Waals surface area contributed by atoms with Gasteiger partial charge < -0.3 is 10.1 Å². The van der Waals surface area contributed by atoms with E-state index in [9.17, 15) is 0 Å². The van der Waals surface area contributed by atoms with E-state index in [1.54, 1.807) is 0 Å². The van der Waals surface area contributed by atoms with Crippen molar-refractivity contribution >= 4 is 0 Å². The summed E-state index contributed by atoms with van der Waals surface area (Å²) in [5.74, 6) is 0. The number of nitrogens with one attached hydrogen (secondary N) is 1. The van der Waals surface area contributed by atoms with Crippen LogP contribution in [0.4, 0.5) is 0 Å². The lowest BCUT2D eigenvalue weighted by Crippen LogP contribution is -2.43. The molecule has 1 saturated heterocycles. The predicted molar refractivity (Wildman–Crippen MR) is 81.9 cm³/mol. The predicted octanol–water partition coefficient (Wildman–Crippen LogP) is 2.80. The van der Waals surface area contributed by atoms with Gasteiger partial charge in [0.1, 0.15) is 0 Å². The summed E-state index contributed by atoms with van der Waals surface area (Å²) in [5.41, 5.74) is 1.52. The quantitative estimate of drug-likeness (QED) is 0.870. The van der Waals surface area contributed by atoms with Crippen LogP contribution in [-0.2, 0) is 11.2 Å². The molecule has 4 heteroatoms. The van der Waals surface area contributed by atoms with Gasteiger partial charge >= 0.3 is 0 Å². The highest BCUT2D eigenvalue weighted by atomic mass is 16.5. The van der Waals surface area contributed by atoms with Crippen molar-refractivity contribution < 1.29 is 4.74 Å². The average Bonchev–Trinajstić information content (AvgIpc) is 2.86. The third-order valence-corrected chi connectivity index (χ3v) is 4.19. The maximum Gasteiger partial charge on any atom is 0.0630 e. The van der Waals surface area contributed by atoms with E-state index in [0.717, 1.165) is 39.0 Å². The number of hydrogen-bond acceptors (Lipinski definition) is 3. The summed E-state index contributed by atoms with van der Waals surface area (Å²) in [7, 11) is 0. The molecular formula is C16H29N3O. The summed E-state index contributed by atoms with van der Waals surface area (Å²) >= 11 is 0. The topological polar surface area (TPSA) is 39.1 Å². The first-order valence-electron chi connectivity index (χ1n) is 7.86. The van der Waals surface area contributed by atoms with Crippen molar-refractivity contribution in [3.8, 4) is 0 Å². The van der Waals surface area contributed by atoms with E-state index in [4.69, 9.17) is 9.84 Å². The van der Waals surface area contributed by atoms with Gasteiger partial charge in [-0.1, -0.05) is 13.8 Å². The first kappa shape index (κ1) is 15.5. The fourth-order valence-electron chi connectivity index (χ4n) is 2.78. The Labute approximate surface area is 122 Å². The molecule has 0 aliphatic carbocycles. The molecule has 2 rings (SSSR count). The van der Waals surface area contributed by atoms with Crippen molar-refractivity contribution in [1.82, 2.24) is 15.1 Å². The number of rotatable bonds is 6. The third-order valence-electron chi connectivity index (χ3n) is 4.19. The minimum absolute atomic E-state index is 0.304. The van der Waals surface area contributed by atoms with Gasteiger partial charge in [0.15, 0.2) is 0 Å². The number of nitrogens with zero attached hydrogens (tertiary/aromatic N) is 2. The van der Waals surface area contributed by atoms with Crippen LogP contribution in [0.25, 0.3) is 0 Å². The molecule has 2 heterocycles. The van der Waals surface area contributed by atoms with E-state index < -0.39 is 0 Å². The zero-order valence-corrected chi connectivity index (χ0v) is 13.4. The van der Waals surface area contributed by atoms with Gasteiger partial charge in [0.25, 0.3) is 0 Å². The van der Waals surface area contributed by atoms with E-state index in [-0.39, 0.29) is 0 Å². The second-order valence-electron chi connectivity index (χ2n) is 6.71. The molecule has 1 aliphatic heterocycles. The van der Waals surface area contributed by atoms with E-state index >= 15 is 0 Å². The Hall–Kier alpha value is -0.870. The Morgan fingerprint density at radius 1 is 1.30 bits per heavy atom. The fourth-order valence-corrected chi connectivity index (χ4v) is 2.78. The summed E-state index contributed by atoms with van der Waals surface area (Å²) in [6.07, 6.45) is 5.40. The molecule has 0 spiro atoms. The summed E-state index contributed by atoms with van der Waals surface area (Å²) < 4.78 is 7.61. The van der Waals surface area contributed by atoms with Gasteiger partial charge in [-0.15, -0.1) is 0 Å². The molecular weight excluding hydrogens is 250 g/mol. The van der Waals surface area contributed by atoms with Crippen LogP contribution in [0.3, 0.4) is 0 Å². The Kier molecular flexibility index (Phi) is 5.22. The van der Waals surface area contributed by atoms with E-state index in [1.165, 1.54) is 5.69 Å². The molecule has 0 atom stereocenters. The fraction of sp³-hybridized carbons (Fsp3) is 0.812. The van der Waals surface area contributed by atoms with Crippen molar-refractivity contribution in [2.75, 3.05) is 19.8 Å². The van der Waals surface area contributed by atoms with E-state index in [1.807, 2.05) is 0 Å². The standard InChI is InChI=1S/C16H29N3O/c1-13(2)17-12-16(6-9-20-10-7-16)11-15-5-8-19(18-15)14(3)4/h5,8,13-14,17H,6-7,9-12H2,1-4H3. The number of ether oxygens (including phenoxy) is 1. The highest BCUT2D eigenvalue weighted by molar-refractivity contribution is 5.05. The van der Waals surface area contributed by atoms with Crippen LogP contribution in [0.1, 0.15) is 52.3 Å². The monoisotopic (exact) mass is 279 g/mol. The van der Waals surface area contributed by atoms with Crippen molar-refractivity contribution in [3.63, 3.8) is 0 Å². The molecule has 0 aromatic carbocycles.